The molecule has 1 aromatic rings. The first-order valence-electron chi connectivity index (χ1n) is 6.13. The molecule has 0 unspecified atom stereocenters. The van der Waals surface area contributed by atoms with Crippen molar-refractivity contribution in [3.8, 4) is 0 Å². The maximum absolute atomic E-state index is 12.2. The Morgan fingerprint density at radius 1 is 1.32 bits per heavy atom. The van der Waals surface area contributed by atoms with Crippen LogP contribution in [-0.4, -0.2) is 6.18 Å². The van der Waals surface area contributed by atoms with Gasteiger partial charge in [-0.2, -0.15) is 13.2 Å². The lowest BCUT2D eigenvalue weighted by Gasteiger charge is -2.04. The van der Waals surface area contributed by atoms with Crippen molar-refractivity contribution in [3.05, 3.63) is 52.6 Å². The van der Waals surface area contributed by atoms with Crippen molar-refractivity contribution in [1.29, 1.82) is 0 Å². The number of unbranched alkanes of at least 4 members (excludes halogenated alkanes) is 1. The predicted octanol–water partition coefficient (Wildman–Crippen LogP) is 6.03. The molecule has 0 atom stereocenters. The summed E-state index contributed by atoms with van der Waals surface area (Å²) < 4.78 is 36.6. The highest BCUT2D eigenvalue weighted by Crippen LogP contribution is 2.21. The van der Waals surface area contributed by atoms with Gasteiger partial charge in [0.25, 0.3) is 0 Å². The summed E-state index contributed by atoms with van der Waals surface area (Å²) in [7, 11) is 0. The van der Waals surface area contributed by atoms with Crippen LogP contribution in [0.15, 0.2) is 42.0 Å². The number of rotatable bonds is 5. The number of halogens is 4. The predicted molar refractivity (Wildman–Crippen MR) is 74.1 cm³/mol. The van der Waals surface area contributed by atoms with Gasteiger partial charge in [-0.05, 0) is 36.1 Å². The van der Waals surface area contributed by atoms with E-state index in [4.69, 9.17) is 11.6 Å². The Balaban J connectivity index is 2.92. The van der Waals surface area contributed by atoms with Gasteiger partial charge in [0.2, 0.25) is 0 Å². The summed E-state index contributed by atoms with van der Waals surface area (Å²) in [5.74, 6) is 0. The van der Waals surface area contributed by atoms with Crippen molar-refractivity contribution in [3.63, 3.8) is 0 Å². The molecular weight excluding hydrogens is 273 g/mol. The van der Waals surface area contributed by atoms with Gasteiger partial charge in [0.15, 0.2) is 0 Å². The molecule has 1 rings (SSSR count). The van der Waals surface area contributed by atoms with Gasteiger partial charge in [0.05, 0.1) is 0 Å². The topological polar surface area (TPSA) is 0 Å². The van der Waals surface area contributed by atoms with Crippen LogP contribution < -0.4 is 0 Å². The molecule has 0 nitrogen and oxygen atoms in total. The van der Waals surface area contributed by atoms with E-state index in [0.29, 0.717) is 17.0 Å². The summed E-state index contributed by atoms with van der Waals surface area (Å²) in [6.45, 7) is 2.00. The van der Waals surface area contributed by atoms with Crippen molar-refractivity contribution in [2.45, 2.75) is 32.4 Å². The average molecular weight is 289 g/mol. The summed E-state index contributed by atoms with van der Waals surface area (Å²) in [6, 6.07) is 7.06. The molecule has 0 bridgehead atoms. The SMILES string of the molecule is CCCCC(/C=C/C(F)(F)F)=C\c1cccc(Cl)c1. The average Bonchev–Trinajstić information content (AvgIpc) is 2.31. The molecule has 0 aliphatic rings. The van der Waals surface area contributed by atoms with E-state index in [9.17, 15) is 13.2 Å². The van der Waals surface area contributed by atoms with Gasteiger partial charge in [0, 0.05) is 11.1 Å². The van der Waals surface area contributed by atoms with Crippen molar-refractivity contribution >= 4 is 17.7 Å². The fraction of sp³-hybridized carbons (Fsp3) is 0.333. The van der Waals surface area contributed by atoms with E-state index in [1.165, 1.54) is 0 Å². The highest BCUT2D eigenvalue weighted by molar-refractivity contribution is 6.30. The van der Waals surface area contributed by atoms with Crippen LogP contribution in [0.2, 0.25) is 5.02 Å². The lowest BCUT2D eigenvalue weighted by atomic mass is 10.0. The smallest absolute Gasteiger partial charge is 0.167 e. The highest BCUT2D eigenvalue weighted by Gasteiger charge is 2.21. The Bertz CT molecular complexity index is 459. The van der Waals surface area contributed by atoms with Crippen LogP contribution in [0.5, 0.6) is 0 Å². The number of hydrogen-bond acceptors (Lipinski definition) is 0. The molecule has 0 aliphatic carbocycles. The second-order valence-corrected chi connectivity index (χ2v) is 4.69. The lowest BCUT2D eigenvalue weighted by molar-refractivity contribution is -0.0798. The Morgan fingerprint density at radius 3 is 2.63 bits per heavy atom. The van der Waals surface area contributed by atoms with Crippen LogP contribution in [0.3, 0.4) is 0 Å². The summed E-state index contributed by atoms with van der Waals surface area (Å²) in [6.07, 6.45) is 1.29. The summed E-state index contributed by atoms with van der Waals surface area (Å²) in [5, 5.41) is 0.573. The number of allylic oxidation sites excluding steroid dienone is 3. The molecule has 0 aliphatic heterocycles. The minimum atomic E-state index is -4.28. The van der Waals surface area contributed by atoms with Crippen molar-refractivity contribution in [1.82, 2.24) is 0 Å². The van der Waals surface area contributed by atoms with Gasteiger partial charge in [0.1, 0.15) is 0 Å². The van der Waals surface area contributed by atoms with E-state index in [2.05, 4.69) is 0 Å². The Hall–Kier alpha value is -1.22. The summed E-state index contributed by atoms with van der Waals surface area (Å²) >= 11 is 5.86. The quantitative estimate of drug-likeness (QED) is 0.580. The van der Waals surface area contributed by atoms with Gasteiger partial charge < -0.3 is 0 Å². The van der Waals surface area contributed by atoms with Crippen molar-refractivity contribution < 1.29 is 13.2 Å². The maximum Gasteiger partial charge on any atom is 0.409 e. The minimum absolute atomic E-state index is 0.277. The van der Waals surface area contributed by atoms with E-state index in [1.807, 2.05) is 13.0 Å². The van der Waals surface area contributed by atoms with Gasteiger partial charge in [-0.15, -0.1) is 0 Å². The third kappa shape index (κ3) is 7.06. The first-order valence-corrected chi connectivity index (χ1v) is 6.50. The first kappa shape index (κ1) is 15.8. The van der Waals surface area contributed by atoms with Crippen LogP contribution >= 0.6 is 11.6 Å². The van der Waals surface area contributed by atoms with Crippen LogP contribution in [0.1, 0.15) is 31.7 Å². The molecule has 0 spiro atoms. The van der Waals surface area contributed by atoms with E-state index >= 15 is 0 Å². The molecule has 0 saturated heterocycles. The lowest BCUT2D eigenvalue weighted by Crippen LogP contribution is -2.00. The molecule has 0 radical (unpaired) electrons. The molecule has 4 heteroatoms. The van der Waals surface area contributed by atoms with Crippen LogP contribution in [0.25, 0.3) is 6.08 Å². The van der Waals surface area contributed by atoms with E-state index in [-0.39, 0.29) is 6.08 Å². The number of benzene rings is 1. The molecule has 0 N–H and O–H groups in total. The summed E-state index contributed by atoms with van der Waals surface area (Å²) in [5.41, 5.74) is 1.46. The molecular formula is C15H16ClF3. The number of hydrogen-bond donors (Lipinski definition) is 0. The molecule has 1 aromatic carbocycles. The first-order chi connectivity index (χ1) is 8.90. The van der Waals surface area contributed by atoms with E-state index in [1.54, 1.807) is 24.3 Å². The number of alkyl halides is 3. The third-order valence-electron chi connectivity index (χ3n) is 2.51. The Kier molecular flexibility index (Phi) is 6.16. The molecule has 0 fully saturated rings. The van der Waals surface area contributed by atoms with Gasteiger partial charge >= 0.3 is 6.18 Å². The molecule has 0 heterocycles. The second-order valence-electron chi connectivity index (χ2n) is 4.25. The van der Waals surface area contributed by atoms with Crippen LogP contribution in [0, 0.1) is 0 Å². The molecule has 104 valence electrons. The maximum atomic E-state index is 12.2. The normalized spacial score (nSPS) is 13.2. The standard InChI is InChI=1S/C15H16ClF3/c1-2-3-5-12(8-9-15(17,18)19)10-13-6-4-7-14(16)11-13/h4,6-11H,2-3,5H2,1H3/b9-8+,12-10+. The minimum Gasteiger partial charge on any atom is -0.167 e. The van der Waals surface area contributed by atoms with E-state index in [0.717, 1.165) is 24.5 Å². The molecule has 0 amide bonds. The third-order valence-corrected chi connectivity index (χ3v) is 2.74. The van der Waals surface area contributed by atoms with Crippen LogP contribution in [-0.2, 0) is 0 Å². The van der Waals surface area contributed by atoms with E-state index < -0.39 is 6.18 Å². The zero-order valence-corrected chi connectivity index (χ0v) is 11.4. The molecule has 0 saturated carbocycles. The van der Waals surface area contributed by atoms with Crippen molar-refractivity contribution in [2.75, 3.05) is 0 Å². The zero-order valence-electron chi connectivity index (χ0n) is 10.7. The molecule has 0 aromatic heterocycles. The second kappa shape index (κ2) is 7.39. The largest absolute Gasteiger partial charge is 0.409 e. The van der Waals surface area contributed by atoms with Gasteiger partial charge in [-0.3, -0.25) is 0 Å². The Labute approximate surface area is 116 Å². The molecule has 19 heavy (non-hydrogen) atoms. The van der Waals surface area contributed by atoms with Crippen molar-refractivity contribution in [2.24, 2.45) is 0 Å². The van der Waals surface area contributed by atoms with Crippen LogP contribution in [0.4, 0.5) is 13.2 Å². The Morgan fingerprint density at radius 2 is 2.05 bits per heavy atom. The monoisotopic (exact) mass is 288 g/mol. The fourth-order valence-corrected chi connectivity index (χ4v) is 1.80. The zero-order chi connectivity index (χ0) is 14.3. The summed E-state index contributed by atoms with van der Waals surface area (Å²) in [4.78, 5) is 0. The fourth-order valence-electron chi connectivity index (χ4n) is 1.60. The highest BCUT2D eigenvalue weighted by atomic mass is 35.5. The van der Waals surface area contributed by atoms with Gasteiger partial charge in [-0.1, -0.05) is 49.2 Å². The van der Waals surface area contributed by atoms with Gasteiger partial charge in [-0.25, -0.2) is 0 Å².